The second kappa shape index (κ2) is 11.7. The van der Waals surface area contributed by atoms with E-state index in [1.165, 1.54) is 31.2 Å². The van der Waals surface area contributed by atoms with E-state index in [0.29, 0.717) is 0 Å². The number of nitrogens with one attached hydrogen (secondary N) is 2. The Kier molecular flexibility index (Phi) is 9.19. The molecule has 2 rings (SSSR count). The maximum atomic E-state index is 6.05. The Morgan fingerprint density at radius 3 is 2.58 bits per heavy atom. The molecule has 0 heterocycles. The third kappa shape index (κ3) is 7.57. The van der Waals surface area contributed by atoms with E-state index in [4.69, 9.17) is 16.3 Å². The smallest absolute Gasteiger partial charge is 0.121 e. The highest BCUT2D eigenvalue weighted by atomic mass is 35.5. The SMILES string of the molecule is CCCCCCCOc1cccc(NCCNc2cc(Cl)ccc2C)c1. The van der Waals surface area contributed by atoms with Crippen molar-refractivity contribution >= 4 is 23.0 Å². The Balaban J connectivity index is 1.68. The van der Waals surface area contributed by atoms with Crippen molar-refractivity contribution in [2.45, 2.75) is 46.0 Å². The highest BCUT2D eigenvalue weighted by Gasteiger charge is 2.00. The van der Waals surface area contributed by atoms with Gasteiger partial charge in [0, 0.05) is 35.6 Å². The molecule has 0 aliphatic carbocycles. The van der Waals surface area contributed by atoms with Gasteiger partial charge in [-0.25, -0.2) is 0 Å². The lowest BCUT2D eigenvalue weighted by Crippen LogP contribution is -2.14. The van der Waals surface area contributed by atoms with Crippen LogP contribution in [0.25, 0.3) is 0 Å². The van der Waals surface area contributed by atoms with Crippen molar-refractivity contribution in [3.05, 3.63) is 53.1 Å². The first kappa shape index (κ1) is 20.4. The van der Waals surface area contributed by atoms with Gasteiger partial charge in [-0.15, -0.1) is 0 Å². The van der Waals surface area contributed by atoms with E-state index in [-0.39, 0.29) is 0 Å². The Morgan fingerprint density at radius 1 is 0.923 bits per heavy atom. The van der Waals surface area contributed by atoms with Crippen molar-refractivity contribution < 1.29 is 4.74 Å². The van der Waals surface area contributed by atoms with Gasteiger partial charge >= 0.3 is 0 Å². The van der Waals surface area contributed by atoms with Gasteiger partial charge in [-0.3, -0.25) is 0 Å². The van der Waals surface area contributed by atoms with E-state index in [9.17, 15) is 0 Å². The zero-order valence-electron chi connectivity index (χ0n) is 16.0. The minimum absolute atomic E-state index is 0.755. The molecule has 0 fully saturated rings. The molecule has 3 nitrogen and oxygen atoms in total. The quantitative estimate of drug-likeness (QED) is 0.415. The fourth-order valence-electron chi connectivity index (χ4n) is 2.78. The van der Waals surface area contributed by atoms with Crippen LogP contribution in [-0.2, 0) is 0 Å². The van der Waals surface area contributed by atoms with Crippen molar-refractivity contribution in [1.29, 1.82) is 0 Å². The summed E-state index contributed by atoms with van der Waals surface area (Å²) in [4.78, 5) is 0. The summed E-state index contributed by atoms with van der Waals surface area (Å²) >= 11 is 6.05. The van der Waals surface area contributed by atoms with Crippen molar-refractivity contribution in [2.75, 3.05) is 30.3 Å². The first-order chi connectivity index (χ1) is 12.7. The molecule has 0 bridgehead atoms. The average Bonchev–Trinajstić information content (AvgIpc) is 2.65. The lowest BCUT2D eigenvalue weighted by molar-refractivity contribution is 0.304. The molecule has 26 heavy (non-hydrogen) atoms. The van der Waals surface area contributed by atoms with Gasteiger partial charge < -0.3 is 15.4 Å². The molecule has 0 aromatic heterocycles. The van der Waals surface area contributed by atoms with E-state index in [2.05, 4.69) is 36.6 Å². The van der Waals surface area contributed by atoms with Crippen molar-refractivity contribution in [3.8, 4) is 5.75 Å². The second-order valence-electron chi connectivity index (χ2n) is 6.60. The molecular weight excluding hydrogens is 344 g/mol. The fourth-order valence-corrected chi connectivity index (χ4v) is 2.95. The summed E-state index contributed by atoms with van der Waals surface area (Å²) in [6.07, 6.45) is 6.28. The van der Waals surface area contributed by atoms with E-state index in [0.717, 1.165) is 48.3 Å². The van der Waals surface area contributed by atoms with E-state index >= 15 is 0 Å². The van der Waals surface area contributed by atoms with Crippen LogP contribution in [0.4, 0.5) is 11.4 Å². The largest absolute Gasteiger partial charge is 0.494 e. The molecule has 0 radical (unpaired) electrons. The number of hydrogen-bond donors (Lipinski definition) is 2. The predicted octanol–water partition coefficient (Wildman–Crippen LogP) is 6.52. The number of benzene rings is 2. The van der Waals surface area contributed by atoms with Gasteiger partial charge in [0.1, 0.15) is 5.75 Å². The number of hydrogen-bond acceptors (Lipinski definition) is 3. The maximum Gasteiger partial charge on any atom is 0.121 e. The van der Waals surface area contributed by atoms with Gasteiger partial charge in [-0.05, 0) is 43.2 Å². The number of halogens is 1. The van der Waals surface area contributed by atoms with E-state index < -0.39 is 0 Å². The molecule has 0 saturated carbocycles. The Bertz CT molecular complexity index is 660. The molecule has 2 aromatic rings. The minimum Gasteiger partial charge on any atom is -0.494 e. The van der Waals surface area contributed by atoms with Crippen molar-refractivity contribution in [1.82, 2.24) is 0 Å². The van der Waals surface area contributed by atoms with Crippen LogP contribution < -0.4 is 15.4 Å². The molecule has 0 spiro atoms. The number of unbranched alkanes of at least 4 members (excludes halogenated alkanes) is 4. The van der Waals surface area contributed by atoms with Crippen LogP contribution in [0.15, 0.2) is 42.5 Å². The van der Waals surface area contributed by atoms with Crippen LogP contribution >= 0.6 is 11.6 Å². The van der Waals surface area contributed by atoms with Gasteiger partial charge in [0.05, 0.1) is 6.61 Å². The van der Waals surface area contributed by atoms with Gasteiger partial charge in [0.25, 0.3) is 0 Å². The summed E-state index contributed by atoms with van der Waals surface area (Å²) in [7, 11) is 0. The number of ether oxygens (including phenoxy) is 1. The molecule has 0 aliphatic rings. The normalized spacial score (nSPS) is 10.6. The Hall–Kier alpha value is -1.87. The van der Waals surface area contributed by atoms with Gasteiger partial charge in [0.15, 0.2) is 0 Å². The van der Waals surface area contributed by atoms with Crippen LogP contribution in [0.1, 0.15) is 44.6 Å². The summed E-state index contributed by atoms with van der Waals surface area (Å²) in [5.41, 5.74) is 3.36. The third-order valence-corrected chi connectivity index (χ3v) is 4.55. The van der Waals surface area contributed by atoms with Crippen LogP contribution in [0, 0.1) is 6.92 Å². The zero-order chi connectivity index (χ0) is 18.6. The summed E-state index contributed by atoms with van der Waals surface area (Å²) in [5, 5.41) is 7.61. The molecule has 2 N–H and O–H groups in total. The lowest BCUT2D eigenvalue weighted by atomic mass is 10.2. The van der Waals surface area contributed by atoms with Gasteiger partial charge in [-0.2, -0.15) is 0 Å². The molecule has 2 aromatic carbocycles. The fraction of sp³-hybridized carbons (Fsp3) is 0.455. The third-order valence-electron chi connectivity index (χ3n) is 4.32. The van der Waals surface area contributed by atoms with Crippen molar-refractivity contribution in [2.24, 2.45) is 0 Å². The summed E-state index contributed by atoms with van der Waals surface area (Å²) in [6, 6.07) is 14.1. The molecule has 0 amide bonds. The molecular formula is C22H31ClN2O. The lowest BCUT2D eigenvalue weighted by Gasteiger charge is -2.12. The first-order valence-electron chi connectivity index (χ1n) is 9.66. The van der Waals surface area contributed by atoms with Gasteiger partial charge in [0.2, 0.25) is 0 Å². The van der Waals surface area contributed by atoms with Crippen LogP contribution in [0.3, 0.4) is 0 Å². The van der Waals surface area contributed by atoms with E-state index in [1.54, 1.807) is 0 Å². The second-order valence-corrected chi connectivity index (χ2v) is 7.04. The molecule has 0 saturated heterocycles. The highest BCUT2D eigenvalue weighted by Crippen LogP contribution is 2.20. The van der Waals surface area contributed by atoms with E-state index in [1.807, 2.05) is 30.3 Å². The first-order valence-corrected chi connectivity index (χ1v) is 10.0. The molecule has 0 atom stereocenters. The standard InChI is InChI=1S/C22H31ClN2O/c1-3-4-5-6-7-15-26-21-10-8-9-20(17-21)24-13-14-25-22-16-19(23)12-11-18(22)2/h8-12,16-17,24-25H,3-7,13-15H2,1-2H3. The predicted molar refractivity (Wildman–Crippen MR) is 114 cm³/mol. The molecule has 0 unspecified atom stereocenters. The summed E-state index contributed by atoms with van der Waals surface area (Å²) in [6.45, 7) is 6.76. The summed E-state index contributed by atoms with van der Waals surface area (Å²) in [5.74, 6) is 0.934. The Labute approximate surface area is 163 Å². The molecule has 4 heteroatoms. The molecule has 0 aliphatic heterocycles. The summed E-state index contributed by atoms with van der Waals surface area (Å²) < 4.78 is 5.86. The van der Waals surface area contributed by atoms with Crippen molar-refractivity contribution in [3.63, 3.8) is 0 Å². The number of anilines is 2. The Morgan fingerprint density at radius 2 is 1.73 bits per heavy atom. The zero-order valence-corrected chi connectivity index (χ0v) is 16.7. The maximum absolute atomic E-state index is 6.05. The van der Waals surface area contributed by atoms with Crippen LogP contribution in [-0.4, -0.2) is 19.7 Å². The van der Waals surface area contributed by atoms with Crippen LogP contribution in [0.2, 0.25) is 5.02 Å². The van der Waals surface area contributed by atoms with Crippen LogP contribution in [0.5, 0.6) is 5.75 Å². The average molecular weight is 375 g/mol. The highest BCUT2D eigenvalue weighted by molar-refractivity contribution is 6.30. The minimum atomic E-state index is 0.755. The monoisotopic (exact) mass is 374 g/mol. The number of rotatable bonds is 12. The molecule has 142 valence electrons. The van der Waals surface area contributed by atoms with Gasteiger partial charge in [-0.1, -0.05) is 56.3 Å². The number of aryl methyl sites for hydroxylation is 1. The topological polar surface area (TPSA) is 33.3 Å².